The molecular weight excluding hydrogens is 334 g/mol. The standard InChI is InChI=1S/C15H25N3O5S/c1-5-24(3,4)9(2)22-13-10(8-19)23-14(12(13)20)18-7-6-11(16)17-15(18)21/h6-9,12-14,19-20H,5H2,1-4H3,(H2,16,17,21)/b10-8-. The van der Waals surface area contributed by atoms with Crippen molar-refractivity contribution in [1.82, 2.24) is 9.55 Å². The number of anilines is 1. The fourth-order valence-electron chi connectivity index (χ4n) is 2.28. The Hall–Kier alpha value is -1.71. The minimum atomic E-state index is -1.17. The molecule has 0 spiro atoms. The molecule has 0 amide bonds. The molecule has 4 unspecified atom stereocenters. The van der Waals surface area contributed by atoms with Crippen molar-refractivity contribution < 1.29 is 19.7 Å². The summed E-state index contributed by atoms with van der Waals surface area (Å²) in [6.45, 7) is 4.02. The molecule has 1 aromatic heterocycles. The molecule has 0 aromatic carbocycles. The molecule has 4 N–H and O–H groups in total. The van der Waals surface area contributed by atoms with E-state index in [4.69, 9.17) is 15.2 Å². The second-order valence-corrected chi connectivity index (χ2v) is 10.6. The molecule has 8 nitrogen and oxygen atoms in total. The highest BCUT2D eigenvalue weighted by molar-refractivity contribution is 8.33. The van der Waals surface area contributed by atoms with Crippen LogP contribution in [0.15, 0.2) is 29.1 Å². The van der Waals surface area contributed by atoms with Gasteiger partial charge in [-0.15, -0.1) is 0 Å². The SMILES string of the molecule is CCS(C)(C)C(C)OC1/C(=C/O)OC(n2ccc(N)nc2=O)C1O. The van der Waals surface area contributed by atoms with Gasteiger partial charge in [-0.25, -0.2) is 14.8 Å². The Bertz CT molecular complexity index is 675. The number of aromatic nitrogens is 2. The van der Waals surface area contributed by atoms with Gasteiger partial charge in [-0.2, -0.15) is 4.98 Å². The van der Waals surface area contributed by atoms with Crippen molar-refractivity contribution in [2.24, 2.45) is 0 Å². The van der Waals surface area contributed by atoms with E-state index in [2.05, 4.69) is 24.4 Å². The monoisotopic (exact) mass is 359 g/mol. The lowest BCUT2D eigenvalue weighted by Gasteiger charge is -2.38. The van der Waals surface area contributed by atoms with Crippen LogP contribution in [0.4, 0.5) is 5.82 Å². The van der Waals surface area contributed by atoms with Gasteiger partial charge in [0.1, 0.15) is 18.2 Å². The van der Waals surface area contributed by atoms with Crippen molar-refractivity contribution in [3.05, 3.63) is 34.8 Å². The van der Waals surface area contributed by atoms with Crippen LogP contribution in [-0.4, -0.2) is 55.7 Å². The van der Waals surface area contributed by atoms with Crippen LogP contribution in [-0.2, 0) is 9.47 Å². The fourth-order valence-corrected chi connectivity index (χ4v) is 3.17. The van der Waals surface area contributed by atoms with Crippen LogP contribution in [0.3, 0.4) is 0 Å². The van der Waals surface area contributed by atoms with Gasteiger partial charge in [-0.05, 0) is 31.3 Å². The first-order valence-electron chi connectivity index (χ1n) is 7.60. The first kappa shape index (κ1) is 18.6. The van der Waals surface area contributed by atoms with Gasteiger partial charge in [0.05, 0.1) is 5.44 Å². The molecule has 1 aromatic rings. The van der Waals surface area contributed by atoms with Gasteiger partial charge in [0.2, 0.25) is 6.23 Å². The zero-order valence-corrected chi connectivity index (χ0v) is 15.1. The van der Waals surface area contributed by atoms with E-state index in [0.29, 0.717) is 0 Å². The topological polar surface area (TPSA) is 120 Å². The maximum absolute atomic E-state index is 12.0. The highest BCUT2D eigenvalue weighted by atomic mass is 32.3. The van der Waals surface area contributed by atoms with Crippen LogP contribution in [0.2, 0.25) is 0 Å². The molecule has 0 saturated carbocycles. The largest absolute Gasteiger partial charge is 0.512 e. The number of aliphatic hydroxyl groups excluding tert-OH is 2. The minimum absolute atomic E-state index is 0.0781. The van der Waals surface area contributed by atoms with Crippen molar-refractivity contribution in [3.63, 3.8) is 0 Å². The van der Waals surface area contributed by atoms with Gasteiger partial charge in [-0.3, -0.25) is 4.57 Å². The van der Waals surface area contributed by atoms with E-state index in [1.54, 1.807) is 0 Å². The van der Waals surface area contributed by atoms with Gasteiger partial charge in [-0.1, -0.05) is 6.92 Å². The average Bonchev–Trinajstić information content (AvgIpc) is 2.84. The zero-order chi connectivity index (χ0) is 18.1. The molecular formula is C15H25N3O5S. The molecule has 9 heteroatoms. The van der Waals surface area contributed by atoms with Crippen molar-refractivity contribution in [2.75, 3.05) is 24.0 Å². The lowest BCUT2D eigenvalue weighted by atomic mass is 10.2. The van der Waals surface area contributed by atoms with E-state index in [0.717, 1.165) is 16.6 Å². The quantitative estimate of drug-likeness (QED) is 0.669. The Labute approximate surface area is 142 Å². The zero-order valence-electron chi connectivity index (χ0n) is 14.2. The van der Waals surface area contributed by atoms with E-state index in [9.17, 15) is 15.0 Å². The third-order valence-electron chi connectivity index (χ3n) is 4.37. The molecule has 1 aliphatic rings. The van der Waals surface area contributed by atoms with E-state index in [-0.39, 0.29) is 17.0 Å². The number of rotatable bonds is 5. The van der Waals surface area contributed by atoms with Gasteiger partial charge >= 0.3 is 5.69 Å². The summed E-state index contributed by atoms with van der Waals surface area (Å²) in [6, 6.07) is 1.43. The van der Waals surface area contributed by atoms with Gasteiger partial charge in [0.15, 0.2) is 11.9 Å². The molecule has 1 aliphatic heterocycles. The maximum Gasteiger partial charge on any atom is 0.352 e. The Kier molecular flexibility index (Phi) is 5.46. The molecule has 0 radical (unpaired) electrons. The summed E-state index contributed by atoms with van der Waals surface area (Å²) in [4.78, 5) is 15.6. The Morgan fingerprint density at radius 3 is 2.79 bits per heavy atom. The number of aliphatic hydroxyl groups is 2. The second-order valence-electron chi connectivity index (χ2n) is 6.11. The average molecular weight is 359 g/mol. The van der Waals surface area contributed by atoms with Gasteiger partial charge < -0.3 is 25.4 Å². The van der Waals surface area contributed by atoms with E-state index >= 15 is 0 Å². The summed E-state index contributed by atoms with van der Waals surface area (Å²) < 4.78 is 12.6. The summed E-state index contributed by atoms with van der Waals surface area (Å²) in [5, 5.41) is 20.0. The highest BCUT2D eigenvalue weighted by Crippen LogP contribution is 2.47. The minimum Gasteiger partial charge on any atom is -0.512 e. The summed E-state index contributed by atoms with van der Waals surface area (Å²) in [6.07, 6.45) is 3.34. The first-order valence-corrected chi connectivity index (χ1v) is 10.3. The lowest BCUT2D eigenvalue weighted by molar-refractivity contribution is -0.0417. The molecule has 0 bridgehead atoms. The highest BCUT2D eigenvalue weighted by Gasteiger charge is 2.45. The summed E-state index contributed by atoms with van der Waals surface area (Å²) >= 11 is 0. The summed E-state index contributed by atoms with van der Waals surface area (Å²) in [5.74, 6) is 1.12. The fraction of sp³-hybridized carbons (Fsp3) is 0.600. The van der Waals surface area contributed by atoms with E-state index in [1.807, 2.05) is 6.92 Å². The molecule has 1 fully saturated rings. The van der Waals surface area contributed by atoms with Crippen LogP contribution < -0.4 is 11.4 Å². The number of hydrogen-bond donors (Lipinski definition) is 3. The van der Waals surface area contributed by atoms with Crippen LogP contribution >= 0.6 is 10.0 Å². The smallest absolute Gasteiger partial charge is 0.352 e. The number of hydrogen-bond acceptors (Lipinski definition) is 7. The van der Waals surface area contributed by atoms with E-state index in [1.165, 1.54) is 12.3 Å². The third-order valence-corrected chi connectivity index (χ3v) is 7.77. The van der Waals surface area contributed by atoms with Crippen molar-refractivity contribution in [3.8, 4) is 0 Å². The second kappa shape index (κ2) is 7.04. The Morgan fingerprint density at radius 2 is 2.25 bits per heavy atom. The molecule has 2 rings (SSSR count). The molecule has 4 atom stereocenters. The molecule has 136 valence electrons. The number of nitrogens with two attached hydrogens (primary N) is 1. The summed E-state index contributed by atoms with van der Waals surface area (Å²) in [7, 11) is -1.03. The predicted molar refractivity (Wildman–Crippen MR) is 94.1 cm³/mol. The lowest BCUT2D eigenvalue weighted by Crippen LogP contribution is -2.37. The van der Waals surface area contributed by atoms with Crippen molar-refractivity contribution >= 4 is 15.8 Å². The predicted octanol–water partition coefficient (Wildman–Crippen LogP) is 0.930. The van der Waals surface area contributed by atoms with Crippen LogP contribution in [0.25, 0.3) is 0 Å². The Balaban J connectivity index is 2.27. The molecule has 2 heterocycles. The maximum atomic E-state index is 12.0. The number of nitrogens with zero attached hydrogens (tertiary/aromatic N) is 2. The van der Waals surface area contributed by atoms with Crippen LogP contribution in [0, 0.1) is 0 Å². The van der Waals surface area contributed by atoms with Gasteiger partial charge in [0.25, 0.3) is 0 Å². The molecule has 0 aliphatic carbocycles. The van der Waals surface area contributed by atoms with E-state index < -0.39 is 34.2 Å². The van der Waals surface area contributed by atoms with Crippen molar-refractivity contribution in [1.29, 1.82) is 0 Å². The number of ether oxygens (including phenoxy) is 2. The van der Waals surface area contributed by atoms with Gasteiger partial charge in [0, 0.05) is 6.20 Å². The first-order chi connectivity index (χ1) is 11.2. The Morgan fingerprint density at radius 1 is 1.58 bits per heavy atom. The third kappa shape index (κ3) is 3.52. The van der Waals surface area contributed by atoms with Crippen molar-refractivity contribution in [2.45, 2.75) is 37.7 Å². The normalized spacial score (nSPS) is 27.9. The van der Waals surface area contributed by atoms with Crippen LogP contribution in [0.5, 0.6) is 0 Å². The molecule has 24 heavy (non-hydrogen) atoms. The molecule has 1 saturated heterocycles. The van der Waals surface area contributed by atoms with Crippen LogP contribution in [0.1, 0.15) is 20.1 Å². The number of nitrogen functional groups attached to an aromatic ring is 1. The summed E-state index contributed by atoms with van der Waals surface area (Å²) in [5.41, 5.74) is 4.70.